The van der Waals surface area contributed by atoms with Crippen LogP contribution in [0.25, 0.3) is 0 Å². The lowest BCUT2D eigenvalue weighted by Gasteiger charge is -2.23. The number of ether oxygens (including phenoxy) is 1. The van der Waals surface area contributed by atoms with Gasteiger partial charge >= 0.3 is 11.8 Å². The molecule has 0 unspecified atom stereocenters. The molecule has 1 aliphatic heterocycles. The zero-order valence-electron chi connectivity index (χ0n) is 17.2. The topological polar surface area (TPSA) is 109 Å². The van der Waals surface area contributed by atoms with Crippen molar-refractivity contribution in [3.8, 4) is 0 Å². The smallest absolute Gasteiger partial charge is 0.309 e. The number of rotatable bonds is 9. The third-order valence-corrected chi connectivity index (χ3v) is 6.88. The molecule has 2 rings (SSSR count). The van der Waals surface area contributed by atoms with E-state index in [1.165, 1.54) is 9.21 Å². The van der Waals surface area contributed by atoms with Gasteiger partial charge in [-0.05, 0) is 32.9 Å². The number of hydrogen-bond acceptors (Lipinski definition) is 5. The highest BCUT2D eigenvalue weighted by atomic mass is 32.2. The zero-order valence-corrected chi connectivity index (χ0v) is 18.0. The first kappa shape index (κ1) is 23.3. The zero-order chi connectivity index (χ0) is 21.4. The van der Waals surface area contributed by atoms with Gasteiger partial charge in [0.2, 0.25) is 10.0 Å². The minimum atomic E-state index is -3.75. The van der Waals surface area contributed by atoms with Gasteiger partial charge in [0.15, 0.2) is 0 Å². The van der Waals surface area contributed by atoms with E-state index in [2.05, 4.69) is 24.5 Å². The molecule has 3 N–H and O–H groups in total. The highest BCUT2D eigenvalue weighted by molar-refractivity contribution is 7.89. The molecular weight excluding hydrogens is 396 g/mol. The lowest BCUT2D eigenvalue weighted by molar-refractivity contribution is -0.895. The minimum Gasteiger partial charge on any atom is -0.359 e. The van der Waals surface area contributed by atoms with E-state index in [4.69, 9.17) is 4.74 Å². The van der Waals surface area contributed by atoms with Crippen molar-refractivity contribution in [2.24, 2.45) is 0 Å². The second-order valence-corrected chi connectivity index (χ2v) is 8.82. The Labute approximate surface area is 172 Å². The molecule has 0 spiro atoms. The number of aryl methyl sites for hydroxylation is 1. The molecule has 9 nitrogen and oxygen atoms in total. The molecule has 1 heterocycles. The maximum atomic E-state index is 12.8. The van der Waals surface area contributed by atoms with Gasteiger partial charge in [0.1, 0.15) is 6.23 Å². The first-order valence-corrected chi connectivity index (χ1v) is 11.3. The summed E-state index contributed by atoms with van der Waals surface area (Å²) in [5.74, 6) is -1.54. The lowest BCUT2D eigenvalue weighted by atomic mass is 10.2. The molecule has 0 saturated carbocycles. The Morgan fingerprint density at radius 3 is 2.38 bits per heavy atom. The molecule has 1 aliphatic rings. The van der Waals surface area contributed by atoms with Crippen LogP contribution in [0.1, 0.15) is 19.4 Å². The summed E-state index contributed by atoms with van der Waals surface area (Å²) in [6.45, 7) is 9.35. The first-order chi connectivity index (χ1) is 13.8. The van der Waals surface area contributed by atoms with Crippen molar-refractivity contribution in [3.63, 3.8) is 0 Å². The number of quaternary nitrogens is 1. The van der Waals surface area contributed by atoms with Gasteiger partial charge in [0.05, 0.1) is 44.2 Å². The summed E-state index contributed by atoms with van der Waals surface area (Å²) in [5.41, 5.74) is 0.957. The summed E-state index contributed by atoms with van der Waals surface area (Å²) in [5, 5.41) is 5.05. The van der Waals surface area contributed by atoms with Crippen molar-refractivity contribution in [1.29, 1.82) is 0 Å². The second-order valence-electron chi connectivity index (χ2n) is 6.93. The van der Waals surface area contributed by atoms with Crippen molar-refractivity contribution in [1.82, 2.24) is 14.9 Å². The molecule has 1 fully saturated rings. The number of carbonyl (C=O) groups is 2. The molecule has 10 heteroatoms. The molecule has 1 atom stereocenters. The molecule has 29 heavy (non-hydrogen) atoms. The monoisotopic (exact) mass is 427 g/mol. The Bertz CT molecular complexity index is 793. The minimum absolute atomic E-state index is 0.0986. The number of benzene rings is 1. The Kier molecular flexibility index (Phi) is 8.57. The van der Waals surface area contributed by atoms with E-state index in [0.717, 1.165) is 25.2 Å². The van der Waals surface area contributed by atoms with E-state index < -0.39 is 28.1 Å². The Balaban J connectivity index is 1.88. The SMILES string of the molecule is CC[NH+](CC)CCNC(=O)C(=O)NC[C@@H]1OCCN1S(=O)(=O)c1ccc(C)cc1. The molecule has 162 valence electrons. The summed E-state index contributed by atoms with van der Waals surface area (Å²) in [4.78, 5) is 25.4. The van der Waals surface area contributed by atoms with E-state index in [1.807, 2.05) is 6.92 Å². The molecule has 1 saturated heterocycles. The first-order valence-electron chi connectivity index (χ1n) is 9.89. The molecule has 0 bridgehead atoms. The van der Waals surface area contributed by atoms with Gasteiger partial charge in [0.25, 0.3) is 0 Å². The summed E-state index contributed by atoms with van der Waals surface area (Å²) < 4.78 is 32.4. The summed E-state index contributed by atoms with van der Waals surface area (Å²) in [7, 11) is -3.75. The molecule has 0 radical (unpaired) electrons. The number of hydrogen-bond donors (Lipinski definition) is 3. The highest BCUT2D eigenvalue weighted by Gasteiger charge is 2.36. The van der Waals surface area contributed by atoms with Gasteiger partial charge in [-0.2, -0.15) is 4.31 Å². The normalized spacial score (nSPS) is 17.4. The van der Waals surface area contributed by atoms with Crippen molar-refractivity contribution < 1.29 is 27.6 Å². The quantitative estimate of drug-likeness (QED) is 0.416. The molecule has 1 aromatic carbocycles. The van der Waals surface area contributed by atoms with Crippen molar-refractivity contribution in [3.05, 3.63) is 29.8 Å². The van der Waals surface area contributed by atoms with Crippen molar-refractivity contribution in [2.75, 3.05) is 45.9 Å². The van der Waals surface area contributed by atoms with Gasteiger partial charge in [0, 0.05) is 6.54 Å². The van der Waals surface area contributed by atoms with Crippen molar-refractivity contribution in [2.45, 2.75) is 31.9 Å². The fraction of sp³-hybridized carbons (Fsp3) is 0.579. The maximum Gasteiger partial charge on any atom is 0.309 e. The van der Waals surface area contributed by atoms with Gasteiger partial charge in [-0.25, -0.2) is 8.42 Å². The van der Waals surface area contributed by atoms with Gasteiger partial charge in [-0.1, -0.05) is 17.7 Å². The van der Waals surface area contributed by atoms with Crippen LogP contribution in [0.3, 0.4) is 0 Å². The number of carbonyl (C=O) groups excluding carboxylic acids is 2. The Morgan fingerprint density at radius 1 is 1.14 bits per heavy atom. The van der Waals surface area contributed by atoms with E-state index in [0.29, 0.717) is 6.54 Å². The number of nitrogens with zero attached hydrogens (tertiary/aromatic N) is 1. The second kappa shape index (κ2) is 10.7. The average molecular weight is 428 g/mol. The number of nitrogens with one attached hydrogen (secondary N) is 3. The Morgan fingerprint density at radius 2 is 1.76 bits per heavy atom. The van der Waals surface area contributed by atoms with Gasteiger partial charge in [-0.3, -0.25) is 9.59 Å². The third-order valence-electron chi connectivity index (χ3n) is 4.98. The lowest BCUT2D eigenvalue weighted by Crippen LogP contribution is -3.12. The number of sulfonamides is 1. The van der Waals surface area contributed by atoms with Gasteiger partial charge in [-0.15, -0.1) is 0 Å². The summed E-state index contributed by atoms with van der Waals surface area (Å²) in [6.07, 6.45) is -0.849. The largest absolute Gasteiger partial charge is 0.359 e. The van der Waals surface area contributed by atoms with Crippen LogP contribution >= 0.6 is 0 Å². The van der Waals surface area contributed by atoms with Crippen LogP contribution in [-0.2, 0) is 24.3 Å². The fourth-order valence-electron chi connectivity index (χ4n) is 3.08. The number of likely N-dealkylation sites (N-methyl/N-ethyl adjacent to an activating group) is 1. The van der Waals surface area contributed by atoms with Crippen LogP contribution in [-0.4, -0.2) is 76.6 Å². The fourth-order valence-corrected chi connectivity index (χ4v) is 4.59. The van der Waals surface area contributed by atoms with Crippen LogP contribution in [0.2, 0.25) is 0 Å². The predicted octanol–water partition coefficient (Wildman–Crippen LogP) is -1.50. The van der Waals surface area contributed by atoms with E-state index in [-0.39, 0.29) is 24.6 Å². The van der Waals surface area contributed by atoms with E-state index in [1.54, 1.807) is 24.3 Å². The number of amides is 2. The predicted molar refractivity (Wildman–Crippen MR) is 108 cm³/mol. The molecule has 2 amide bonds. The van der Waals surface area contributed by atoms with Crippen LogP contribution in [0.15, 0.2) is 29.2 Å². The summed E-state index contributed by atoms with van der Waals surface area (Å²) in [6, 6.07) is 6.55. The maximum absolute atomic E-state index is 12.8. The van der Waals surface area contributed by atoms with Gasteiger partial charge < -0.3 is 20.3 Å². The molecule has 0 aromatic heterocycles. The highest BCUT2D eigenvalue weighted by Crippen LogP contribution is 2.22. The van der Waals surface area contributed by atoms with E-state index in [9.17, 15) is 18.0 Å². The molecular formula is C19H31N4O5S+. The summed E-state index contributed by atoms with van der Waals surface area (Å²) >= 11 is 0. The van der Waals surface area contributed by atoms with Crippen LogP contribution in [0.5, 0.6) is 0 Å². The molecule has 0 aliphatic carbocycles. The standard InChI is InChI=1S/C19H30N4O5S/c1-4-22(5-2)11-10-20-18(24)19(25)21-14-17-23(12-13-28-17)29(26,27)16-8-6-15(3)7-9-16/h6-9,17H,4-5,10-14H2,1-3H3,(H,20,24)(H,21,25)/p+1/t17-/m0/s1. The Hall–Kier alpha value is -2.01. The van der Waals surface area contributed by atoms with E-state index >= 15 is 0 Å². The van der Waals surface area contributed by atoms with Crippen LogP contribution in [0, 0.1) is 6.92 Å². The third kappa shape index (κ3) is 6.23. The van der Waals surface area contributed by atoms with Crippen LogP contribution in [0.4, 0.5) is 0 Å². The average Bonchev–Trinajstić information content (AvgIpc) is 3.19. The molecule has 1 aromatic rings. The van der Waals surface area contributed by atoms with Crippen LogP contribution < -0.4 is 15.5 Å². The van der Waals surface area contributed by atoms with Crippen molar-refractivity contribution >= 4 is 21.8 Å².